The van der Waals surface area contributed by atoms with E-state index >= 15 is 0 Å². The first-order valence-corrected chi connectivity index (χ1v) is 6.22. The summed E-state index contributed by atoms with van der Waals surface area (Å²) in [5, 5.41) is 12.2. The summed E-state index contributed by atoms with van der Waals surface area (Å²) >= 11 is 1.31. The van der Waals surface area contributed by atoms with E-state index in [9.17, 15) is 18.0 Å². The summed E-state index contributed by atoms with van der Waals surface area (Å²) in [6.45, 7) is 1.72. The third-order valence-electron chi connectivity index (χ3n) is 2.72. The Labute approximate surface area is 141 Å². The van der Waals surface area contributed by atoms with Gasteiger partial charge in [-0.2, -0.15) is 24.5 Å². The summed E-state index contributed by atoms with van der Waals surface area (Å²) in [6, 6.07) is 3.07. The van der Waals surface area contributed by atoms with Gasteiger partial charge in [-0.05, 0) is 46.5 Å². The van der Waals surface area contributed by atoms with Crippen molar-refractivity contribution in [1.29, 1.82) is 0 Å². The Morgan fingerprint density at radius 3 is 2.35 bits per heavy atom. The predicted octanol–water partition coefficient (Wildman–Crippen LogP) is 1.56. The van der Waals surface area contributed by atoms with Gasteiger partial charge in [0.2, 0.25) is 0 Å². The van der Waals surface area contributed by atoms with Crippen molar-refractivity contribution in [3.63, 3.8) is 0 Å². The quantitative estimate of drug-likeness (QED) is 0.855. The maximum atomic E-state index is 13.0. The monoisotopic (exact) mass is 310 g/mol. The molecule has 1 N–H and O–H groups in total. The molecule has 0 fully saturated rings. The molecule has 0 radical (unpaired) electrons. The number of carboxylic acid groups (broad SMARTS) is 1. The van der Waals surface area contributed by atoms with Crippen LogP contribution in [0.25, 0.3) is 11.1 Å². The molecule has 0 aliphatic rings. The van der Waals surface area contributed by atoms with Crippen LogP contribution in [0.3, 0.4) is 0 Å². The van der Waals surface area contributed by atoms with E-state index in [1.807, 2.05) is 0 Å². The van der Waals surface area contributed by atoms with Crippen LogP contribution in [0.1, 0.15) is 22.9 Å². The summed E-state index contributed by atoms with van der Waals surface area (Å²) in [4.78, 5) is 10.8. The fraction of sp³-hybridized carbons (Fsp3) is 0.154. The van der Waals surface area contributed by atoms with Gasteiger partial charge in [0.1, 0.15) is 0 Å². The van der Waals surface area contributed by atoms with E-state index in [1.165, 1.54) is 23.5 Å². The van der Waals surface area contributed by atoms with E-state index in [0.717, 1.165) is 5.56 Å². The second-order valence-corrected chi connectivity index (χ2v) is 4.78. The van der Waals surface area contributed by atoms with Crippen LogP contribution in [0.4, 0.5) is 13.2 Å². The van der Waals surface area contributed by atoms with Gasteiger partial charge >= 0.3 is 41.7 Å². The van der Waals surface area contributed by atoms with Gasteiger partial charge in [-0.15, -0.1) is 0 Å². The molecule has 102 valence electrons. The molecule has 7 heteroatoms. The Bertz CT molecular complexity index is 641. The summed E-state index contributed by atoms with van der Waals surface area (Å²) < 4.78 is 39.1. The van der Waals surface area contributed by atoms with Gasteiger partial charge < -0.3 is 6.53 Å². The Morgan fingerprint density at radius 2 is 1.90 bits per heavy atom. The Hall–Kier alpha value is -0.820. The van der Waals surface area contributed by atoms with Gasteiger partial charge in [0.25, 0.3) is 0 Å². The van der Waals surface area contributed by atoms with Crippen LogP contribution in [-0.2, 0) is 6.18 Å². The first kappa shape index (κ1) is 17.2. The molecule has 0 aliphatic carbocycles. The number of benzene rings is 1. The van der Waals surface area contributed by atoms with Crippen LogP contribution >= 0.6 is 11.3 Å². The number of hydrogen-bond donors (Lipinski definition) is 1. The zero-order chi connectivity index (χ0) is 14.2. The Morgan fingerprint density at radius 1 is 1.25 bits per heavy atom. The molecule has 1 heterocycles. The molecule has 0 saturated carbocycles. The third kappa shape index (κ3) is 3.44. The van der Waals surface area contributed by atoms with E-state index in [-0.39, 0.29) is 42.1 Å². The number of halogens is 3. The van der Waals surface area contributed by atoms with Crippen molar-refractivity contribution in [3.05, 3.63) is 45.6 Å². The van der Waals surface area contributed by atoms with Crippen molar-refractivity contribution < 1.29 is 54.1 Å². The minimum Gasteiger partial charge on any atom is -1.00 e. The standard InChI is InChI=1S/C13H9F3O2S.Na.H/c1-7-5-19-6-10(7)9-3-2-8(12(17)18)4-11(9)13(14,15)16;;/h2-6H,1H3,(H,17,18);;/q;+1;-1. The molecule has 2 nitrogen and oxygen atoms in total. The first-order valence-electron chi connectivity index (χ1n) is 5.28. The largest absolute Gasteiger partial charge is 1.00 e. The molecule has 1 aromatic carbocycles. The Balaban J connectivity index is 0.00000200. The average molecular weight is 310 g/mol. The van der Waals surface area contributed by atoms with Gasteiger partial charge in [0.15, 0.2) is 0 Å². The summed E-state index contributed by atoms with van der Waals surface area (Å²) in [5.41, 5.74) is -0.0676. The maximum Gasteiger partial charge on any atom is 1.00 e. The van der Waals surface area contributed by atoms with Crippen LogP contribution in [-0.4, -0.2) is 11.1 Å². The van der Waals surface area contributed by atoms with Crippen LogP contribution < -0.4 is 29.6 Å². The summed E-state index contributed by atoms with van der Waals surface area (Å²) in [5.74, 6) is -1.38. The van der Waals surface area contributed by atoms with Gasteiger partial charge in [0, 0.05) is 0 Å². The molecule has 20 heavy (non-hydrogen) atoms. The first-order chi connectivity index (χ1) is 8.80. The third-order valence-corrected chi connectivity index (χ3v) is 3.58. The molecule has 0 spiro atoms. The van der Waals surface area contributed by atoms with E-state index in [4.69, 9.17) is 5.11 Å². The number of aromatic carboxylic acids is 1. The van der Waals surface area contributed by atoms with Gasteiger partial charge in [-0.25, -0.2) is 4.79 Å². The summed E-state index contributed by atoms with van der Waals surface area (Å²) in [7, 11) is 0. The number of rotatable bonds is 2. The van der Waals surface area contributed by atoms with E-state index < -0.39 is 17.7 Å². The molecule has 0 aliphatic heterocycles. The van der Waals surface area contributed by atoms with Gasteiger partial charge in [-0.1, -0.05) is 6.07 Å². The fourth-order valence-corrected chi connectivity index (χ4v) is 2.63. The number of hydrogen-bond acceptors (Lipinski definition) is 2. The second kappa shape index (κ2) is 6.30. The zero-order valence-electron chi connectivity index (χ0n) is 11.8. The second-order valence-electron chi connectivity index (χ2n) is 4.03. The van der Waals surface area contributed by atoms with Crippen molar-refractivity contribution in [2.75, 3.05) is 0 Å². The summed E-state index contributed by atoms with van der Waals surface area (Å²) in [6.07, 6.45) is -4.59. The smallest absolute Gasteiger partial charge is 1.00 e. The van der Waals surface area contributed by atoms with Crippen molar-refractivity contribution >= 4 is 17.3 Å². The maximum absolute atomic E-state index is 13.0. The number of carboxylic acids is 1. The van der Waals surface area contributed by atoms with Crippen LogP contribution in [0, 0.1) is 6.92 Å². The van der Waals surface area contributed by atoms with Crippen LogP contribution in [0.5, 0.6) is 0 Å². The molecule has 2 rings (SSSR count). The van der Waals surface area contributed by atoms with Gasteiger partial charge in [-0.3, -0.25) is 0 Å². The molecule has 0 amide bonds. The number of alkyl halides is 3. The molecule has 0 atom stereocenters. The van der Waals surface area contributed by atoms with Gasteiger partial charge in [0.05, 0.1) is 11.1 Å². The number of carbonyl (C=O) groups is 1. The normalized spacial score (nSPS) is 11.0. The molecule has 0 bridgehead atoms. The zero-order valence-corrected chi connectivity index (χ0v) is 13.6. The Kier molecular flexibility index (Phi) is 5.43. The molecule has 0 unspecified atom stereocenters. The van der Waals surface area contributed by atoms with E-state index in [2.05, 4.69) is 0 Å². The predicted molar refractivity (Wildman–Crippen MR) is 67.6 cm³/mol. The molecular weight excluding hydrogens is 300 g/mol. The van der Waals surface area contributed by atoms with Crippen LogP contribution in [0.2, 0.25) is 0 Å². The minimum atomic E-state index is -4.59. The number of aryl methyl sites for hydroxylation is 1. The van der Waals surface area contributed by atoms with E-state index in [1.54, 1.807) is 17.7 Å². The molecule has 1 aromatic heterocycles. The molecule has 2 aromatic rings. The fourth-order valence-electron chi connectivity index (χ4n) is 1.78. The van der Waals surface area contributed by atoms with Crippen LogP contribution in [0.15, 0.2) is 29.0 Å². The van der Waals surface area contributed by atoms with E-state index in [0.29, 0.717) is 11.6 Å². The molecular formula is C13H10F3NaO2S. The number of thiophene rings is 1. The minimum absolute atomic E-state index is 0. The van der Waals surface area contributed by atoms with Crippen molar-refractivity contribution in [1.82, 2.24) is 0 Å². The van der Waals surface area contributed by atoms with Crippen molar-refractivity contribution in [2.24, 2.45) is 0 Å². The molecule has 0 saturated heterocycles. The SMILES string of the molecule is Cc1cscc1-c1ccc(C(=O)O)cc1C(F)(F)F.[H-].[Na+]. The average Bonchev–Trinajstić information content (AvgIpc) is 2.73. The topological polar surface area (TPSA) is 37.3 Å². The van der Waals surface area contributed by atoms with Crippen molar-refractivity contribution in [3.8, 4) is 11.1 Å². The van der Waals surface area contributed by atoms with Crippen molar-refractivity contribution in [2.45, 2.75) is 13.1 Å².